The fourth-order valence-corrected chi connectivity index (χ4v) is 4.02. The molecule has 0 saturated heterocycles. The minimum Gasteiger partial charge on any atom is -0.313 e. The van der Waals surface area contributed by atoms with Gasteiger partial charge in [0.1, 0.15) is 0 Å². The predicted molar refractivity (Wildman–Crippen MR) is 79.7 cm³/mol. The van der Waals surface area contributed by atoms with Crippen LogP contribution in [-0.2, 0) is 0 Å². The molecular weight excluding hydrogens is 218 g/mol. The molecule has 3 unspecified atom stereocenters. The Kier molecular flexibility index (Phi) is 4.53. The molecule has 0 amide bonds. The molecule has 0 aliphatic heterocycles. The van der Waals surface area contributed by atoms with Gasteiger partial charge in [0.15, 0.2) is 0 Å². The van der Waals surface area contributed by atoms with Crippen LogP contribution in [0.1, 0.15) is 66.2 Å². The monoisotopic (exact) mass is 249 g/mol. The Morgan fingerprint density at radius 3 is 2.78 bits per heavy atom. The van der Waals surface area contributed by atoms with Gasteiger partial charge in [0.2, 0.25) is 0 Å². The van der Waals surface area contributed by atoms with Crippen LogP contribution in [0.3, 0.4) is 0 Å². The summed E-state index contributed by atoms with van der Waals surface area (Å²) in [6.45, 7) is 10.8. The second-order valence-electron chi connectivity index (χ2n) is 7.49. The standard InChI is InChI=1S/C17H31N/c1-13-9-14(2)11-15(10-13)12-18-16-7-5-6-8-17(16,3)4/h9,13,15-16,18H,5-8,10-12H2,1-4H3. The fourth-order valence-electron chi connectivity index (χ4n) is 4.02. The van der Waals surface area contributed by atoms with E-state index in [9.17, 15) is 0 Å². The van der Waals surface area contributed by atoms with Crippen LogP contribution in [0.2, 0.25) is 0 Å². The maximum absolute atomic E-state index is 3.90. The van der Waals surface area contributed by atoms with Crippen LogP contribution >= 0.6 is 0 Å². The molecule has 1 nitrogen and oxygen atoms in total. The van der Waals surface area contributed by atoms with Crippen molar-refractivity contribution in [1.29, 1.82) is 0 Å². The SMILES string of the molecule is CC1=CC(C)CC(CNC2CCCCC2(C)C)C1. The normalized spacial score (nSPS) is 36.2. The molecule has 2 aliphatic rings. The summed E-state index contributed by atoms with van der Waals surface area (Å²) in [4.78, 5) is 0. The summed E-state index contributed by atoms with van der Waals surface area (Å²) in [6.07, 6.45) is 10.8. The van der Waals surface area contributed by atoms with Gasteiger partial charge in [-0.05, 0) is 56.4 Å². The third-order valence-corrected chi connectivity index (χ3v) is 5.04. The average molecular weight is 249 g/mol. The molecule has 2 rings (SSSR count). The van der Waals surface area contributed by atoms with Gasteiger partial charge in [-0.2, -0.15) is 0 Å². The second-order valence-corrected chi connectivity index (χ2v) is 7.49. The molecule has 0 spiro atoms. The van der Waals surface area contributed by atoms with E-state index >= 15 is 0 Å². The Labute approximate surface area is 113 Å². The van der Waals surface area contributed by atoms with Gasteiger partial charge in [-0.3, -0.25) is 0 Å². The zero-order chi connectivity index (χ0) is 13.2. The van der Waals surface area contributed by atoms with Crippen molar-refractivity contribution in [2.24, 2.45) is 17.3 Å². The van der Waals surface area contributed by atoms with Crippen molar-refractivity contribution in [2.45, 2.75) is 72.3 Å². The van der Waals surface area contributed by atoms with E-state index in [1.54, 1.807) is 5.57 Å². The molecule has 0 heterocycles. The van der Waals surface area contributed by atoms with Crippen molar-refractivity contribution in [2.75, 3.05) is 6.54 Å². The first kappa shape index (κ1) is 14.1. The smallest absolute Gasteiger partial charge is 0.0118 e. The van der Waals surface area contributed by atoms with E-state index in [0.29, 0.717) is 5.41 Å². The van der Waals surface area contributed by atoms with Crippen molar-refractivity contribution in [1.82, 2.24) is 5.32 Å². The molecule has 3 atom stereocenters. The van der Waals surface area contributed by atoms with Crippen molar-refractivity contribution < 1.29 is 0 Å². The van der Waals surface area contributed by atoms with E-state index in [4.69, 9.17) is 0 Å². The molecule has 1 N–H and O–H groups in total. The predicted octanol–water partition coefficient (Wildman–Crippen LogP) is 4.54. The summed E-state index contributed by atoms with van der Waals surface area (Å²) in [5.74, 6) is 1.65. The Morgan fingerprint density at radius 1 is 1.33 bits per heavy atom. The van der Waals surface area contributed by atoms with Crippen LogP contribution in [0, 0.1) is 17.3 Å². The number of hydrogen-bond donors (Lipinski definition) is 1. The van der Waals surface area contributed by atoms with Gasteiger partial charge in [-0.1, -0.05) is 45.3 Å². The van der Waals surface area contributed by atoms with E-state index in [1.807, 2.05) is 0 Å². The Hall–Kier alpha value is -0.300. The zero-order valence-electron chi connectivity index (χ0n) is 12.8. The zero-order valence-corrected chi connectivity index (χ0v) is 12.8. The van der Waals surface area contributed by atoms with Crippen molar-refractivity contribution >= 4 is 0 Å². The number of allylic oxidation sites excluding steroid dienone is 2. The molecule has 104 valence electrons. The Morgan fingerprint density at radius 2 is 2.11 bits per heavy atom. The van der Waals surface area contributed by atoms with Crippen molar-refractivity contribution in [3.63, 3.8) is 0 Å². The number of nitrogens with one attached hydrogen (secondary N) is 1. The molecule has 1 fully saturated rings. The van der Waals surface area contributed by atoms with E-state index in [0.717, 1.165) is 17.9 Å². The number of hydrogen-bond acceptors (Lipinski definition) is 1. The van der Waals surface area contributed by atoms with Gasteiger partial charge in [0.25, 0.3) is 0 Å². The summed E-state index contributed by atoms with van der Waals surface area (Å²) >= 11 is 0. The summed E-state index contributed by atoms with van der Waals surface area (Å²) in [5.41, 5.74) is 2.10. The van der Waals surface area contributed by atoms with Crippen LogP contribution in [0.25, 0.3) is 0 Å². The third kappa shape index (κ3) is 3.60. The molecular formula is C17H31N. The molecule has 1 heteroatoms. The minimum atomic E-state index is 0.503. The molecule has 1 saturated carbocycles. The molecule has 0 aromatic heterocycles. The topological polar surface area (TPSA) is 12.0 Å². The lowest BCUT2D eigenvalue weighted by atomic mass is 9.73. The van der Waals surface area contributed by atoms with Crippen LogP contribution in [0.5, 0.6) is 0 Å². The van der Waals surface area contributed by atoms with E-state index in [1.165, 1.54) is 45.1 Å². The van der Waals surface area contributed by atoms with E-state index in [2.05, 4.69) is 39.1 Å². The van der Waals surface area contributed by atoms with Gasteiger partial charge in [-0.25, -0.2) is 0 Å². The molecule has 0 aromatic carbocycles. The molecule has 0 bridgehead atoms. The van der Waals surface area contributed by atoms with Gasteiger partial charge < -0.3 is 5.32 Å². The maximum atomic E-state index is 3.90. The van der Waals surface area contributed by atoms with Gasteiger partial charge in [0, 0.05) is 6.04 Å². The fraction of sp³-hybridized carbons (Fsp3) is 0.882. The summed E-state index contributed by atoms with van der Waals surface area (Å²) < 4.78 is 0. The van der Waals surface area contributed by atoms with Gasteiger partial charge in [0.05, 0.1) is 0 Å². The molecule has 0 aromatic rings. The molecule has 2 aliphatic carbocycles. The first-order chi connectivity index (χ1) is 8.47. The Bertz CT molecular complexity index is 303. The van der Waals surface area contributed by atoms with Gasteiger partial charge >= 0.3 is 0 Å². The first-order valence-corrected chi connectivity index (χ1v) is 7.88. The molecule has 0 radical (unpaired) electrons. The number of rotatable bonds is 3. The summed E-state index contributed by atoms with van der Waals surface area (Å²) in [7, 11) is 0. The van der Waals surface area contributed by atoms with Gasteiger partial charge in [-0.15, -0.1) is 0 Å². The van der Waals surface area contributed by atoms with Crippen molar-refractivity contribution in [3.05, 3.63) is 11.6 Å². The third-order valence-electron chi connectivity index (χ3n) is 5.04. The van der Waals surface area contributed by atoms with Crippen molar-refractivity contribution in [3.8, 4) is 0 Å². The van der Waals surface area contributed by atoms with E-state index < -0.39 is 0 Å². The highest BCUT2D eigenvalue weighted by molar-refractivity contribution is 5.06. The highest BCUT2D eigenvalue weighted by Gasteiger charge is 2.32. The highest BCUT2D eigenvalue weighted by atomic mass is 14.9. The lowest BCUT2D eigenvalue weighted by molar-refractivity contribution is 0.160. The highest BCUT2D eigenvalue weighted by Crippen LogP contribution is 2.36. The summed E-state index contributed by atoms with van der Waals surface area (Å²) in [6, 6.07) is 0.743. The average Bonchev–Trinajstić information content (AvgIpc) is 2.25. The molecule has 18 heavy (non-hydrogen) atoms. The Balaban J connectivity index is 1.82. The minimum absolute atomic E-state index is 0.503. The first-order valence-electron chi connectivity index (χ1n) is 7.88. The summed E-state index contributed by atoms with van der Waals surface area (Å²) in [5, 5.41) is 3.90. The van der Waals surface area contributed by atoms with Crippen LogP contribution in [0.4, 0.5) is 0 Å². The second kappa shape index (κ2) is 5.77. The lowest BCUT2D eigenvalue weighted by Crippen LogP contribution is -2.46. The van der Waals surface area contributed by atoms with Crippen LogP contribution < -0.4 is 5.32 Å². The van der Waals surface area contributed by atoms with Crippen LogP contribution in [0.15, 0.2) is 11.6 Å². The quantitative estimate of drug-likeness (QED) is 0.724. The lowest BCUT2D eigenvalue weighted by Gasteiger charge is -2.40. The maximum Gasteiger partial charge on any atom is 0.0118 e. The largest absolute Gasteiger partial charge is 0.313 e. The van der Waals surface area contributed by atoms with E-state index in [-0.39, 0.29) is 0 Å². The van der Waals surface area contributed by atoms with Crippen LogP contribution in [-0.4, -0.2) is 12.6 Å².